The van der Waals surface area contributed by atoms with E-state index in [1.807, 2.05) is 0 Å². The van der Waals surface area contributed by atoms with Gasteiger partial charge in [0.05, 0.1) is 16.6 Å². The minimum absolute atomic E-state index is 0.0860. The van der Waals surface area contributed by atoms with E-state index in [9.17, 15) is 9.59 Å². The Labute approximate surface area is 162 Å². The van der Waals surface area contributed by atoms with Crippen molar-refractivity contribution < 1.29 is 4.79 Å². The molecule has 6 rings (SSSR count). The number of carbonyl (C=O) groups excluding carboxylic acids is 1. The molecule has 1 aliphatic carbocycles. The molecule has 0 unspecified atom stereocenters. The van der Waals surface area contributed by atoms with E-state index >= 15 is 0 Å². The Balaban J connectivity index is 1.38. The standard InChI is InChI=1S/C20H23ClN4O2/c21-15-4-6-18-22-16(7-19(26)25(18)10-15)11-23-9-14-3-5-17(12-23)24(20(14)27)8-13-1-2-13/h4,6-7,10,13-14,17H,1-3,5,8-9,11-12H2/t14-,17+/m0/s1. The molecule has 3 aliphatic heterocycles. The molecule has 1 saturated carbocycles. The first-order valence-corrected chi connectivity index (χ1v) is 10.2. The van der Waals surface area contributed by atoms with E-state index in [1.54, 1.807) is 24.4 Å². The van der Waals surface area contributed by atoms with Crippen LogP contribution in [0, 0.1) is 11.8 Å². The van der Waals surface area contributed by atoms with Gasteiger partial charge in [0, 0.05) is 44.5 Å². The number of fused-ring (bicyclic) bond motifs is 5. The van der Waals surface area contributed by atoms with Crippen LogP contribution < -0.4 is 5.56 Å². The first-order chi connectivity index (χ1) is 13.1. The van der Waals surface area contributed by atoms with Crippen LogP contribution in [0.5, 0.6) is 0 Å². The van der Waals surface area contributed by atoms with Crippen molar-refractivity contribution in [3.63, 3.8) is 0 Å². The van der Waals surface area contributed by atoms with Gasteiger partial charge in [0.2, 0.25) is 5.91 Å². The van der Waals surface area contributed by atoms with Crippen molar-refractivity contribution in [2.24, 2.45) is 11.8 Å². The van der Waals surface area contributed by atoms with Crippen LogP contribution in [0.4, 0.5) is 0 Å². The maximum absolute atomic E-state index is 12.8. The molecule has 7 heteroatoms. The number of halogens is 1. The topological polar surface area (TPSA) is 57.9 Å². The largest absolute Gasteiger partial charge is 0.338 e. The monoisotopic (exact) mass is 386 g/mol. The SMILES string of the molecule is O=C1[C@H]2CC[C@H](CN(Cc3cc(=O)n4cc(Cl)ccc4n3)C2)N1CC1CC1. The quantitative estimate of drug-likeness (QED) is 0.808. The van der Waals surface area contributed by atoms with E-state index in [0.717, 1.165) is 44.1 Å². The summed E-state index contributed by atoms with van der Waals surface area (Å²) in [6.07, 6.45) is 6.19. The van der Waals surface area contributed by atoms with Crippen LogP contribution in [0.25, 0.3) is 5.65 Å². The number of pyridine rings is 1. The molecule has 3 saturated heterocycles. The molecule has 27 heavy (non-hydrogen) atoms. The van der Waals surface area contributed by atoms with Gasteiger partial charge in [0.25, 0.3) is 5.56 Å². The van der Waals surface area contributed by atoms with Gasteiger partial charge in [-0.15, -0.1) is 0 Å². The normalized spacial score (nSPS) is 26.0. The Bertz CT molecular complexity index is 955. The molecule has 4 aliphatic rings. The van der Waals surface area contributed by atoms with Gasteiger partial charge in [0.15, 0.2) is 0 Å². The number of carbonyl (C=O) groups is 1. The molecule has 6 nitrogen and oxygen atoms in total. The van der Waals surface area contributed by atoms with E-state index in [4.69, 9.17) is 11.6 Å². The lowest BCUT2D eigenvalue weighted by molar-refractivity contribution is -0.140. The van der Waals surface area contributed by atoms with Crippen LogP contribution in [0.3, 0.4) is 0 Å². The van der Waals surface area contributed by atoms with Crippen molar-refractivity contribution >= 4 is 23.2 Å². The second kappa shape index (κ2) is 6.60. The van der Waals surface area contributed by atoms with Gasteiger partial charge >= 0.3 is 0 Å². The molecule has 4 fully saturated rings. The van der Waals surface area contributed by atoms with Crippen LogP contribution in [0.1, 0.15) is 31.4 Å². The summed E-state index contributed by atoms with van der Waals surface area (Å²) in [6, 6.07) is 5.39. The molecule has 0 radical (unpaired) electrons. The summed E-state index contributed by atoms with van der Waals surface area (Å²) in [5.41, 5.74) is 1.23. The molecule has 0 spiro atoms. The third kappa shape index (κ3) is 3.36. The van der Waals surface area contributed by atoms with Crippen molar-refractivity contribution in [3.8, 4) is 0 Å². The first-order valence-electron chi connectivity index (χ1n) is 9.77. The number of hydrogen-bond donors (Lipinski definition) is 0. The fourth-order valence-corrected chi connectivity index (χ4v) is 4.67. The van der Waals surface area contributed by atoms with Gasteiger partial charge in [-0.3, -0.25) is 18.9 Å². The van der Waals surface area contributed by atoms with Crippen molar-refractivity contribution in [2.45, 2.75) is 38.3 Å². The van der Waals surface area contributed by atoms with Crippen molar-refractivity contribution in [1.82, 2.24) is 19.2 Å². The van der Waals surface area contributed by atoms with E-state index in [-0.39, 0.29) is 11.5 Å². The first kappa shape index (κ1) is 17.2. The summed E-state index contributed by atoms with van der Waals surface area (Å²) in [7, 11) is 0. The Kier molecular flexibility index (Phi) is 4.20. The molecule has 2 atom stereocenters. The predicted octanol–water partition coefficient (Wildman–Crippen LogP) is 2.18. The second-order valence-corrected chi connectivity index (χ2v) is 8.65. The average molecular weight is 387 g/mol. The summed E-state index contributed by atoms with van der Waals surface area (Å²) < 4.78 is 1.47. The smallest absolute Gasteiger partial charge is 0.258 e. The van der Waals surface area contributed by atoms with Crippen molar-refractivity contribution in [2.75, 3.05) is 19.6 Å². The summed E-state index contributed by atoms with van der Waals surface area (Å²) in [4.78, 5) is 34.4. The molecule has 2 bridgehead atoms. The number of aromatic nitrogens is 2. The lowest BCUT2D eigenvalue weighted by Gasteiger charge is -2.36. The summed E-state index contributed by atoms with van der Waals surface area (Å²) in [5.74, 6) is 1.14. The summed E-state index contributed by atoms with van der Waals surface area (Å²) in [5, 5.41) is 0.512. The molecule has 1 amide bonds. The number of hydrogen-bond acceptors (Lipinski definition) is 4. The fraction of sp³-hybridized carbons (Fsp3) is 0.550. The highest BCUT2D eigenvalue weighted by molar-refractivity contribution is 6.30. The molecular formula is C20H23ClN4O2. The van der Waals surface area contributed by atoms with E-state index < -0.39 is 0 Å². The number of rotatable bonds is 4. The summed E-state index contributed by atoms with van der Waals surface area (Å²) >= 11 is 5.98. The maximum atomic E-state index is 12.8. The molecule has 2 aromatic heterocycles. The Morgan fingerprint density at radius 3 is 2.78 bits per heavy atom. The van der Waals surface area contributed by atoms with E-state index in [0.29, 0.717) is 29.2 Å². The highest BCUT2D eigenvalue weighted by Gasteiger charge is 2.42. The van der Waals surface area contributed by atoms with Crippen LogP contribution in [-0.2, 0) is 11.3 Å². The third-order valence-electron chi connectivity index (χ3n) is 6.08. The number of piperidine rings is 1. The maximum Gasteiger partial charge on any atom is 0.258 e. The minimum Gasteiger partial charge on any atom is -0.338 e. The number of amides is 1. The Morgan fingerprint density at radius 1 is 1.11 bits per heavy atom. The Hall–Kier alpha value is -1.92. The van der Waals surface area contributed by atoms with Crippen LogP contribution in [-0.4, -0.2) is 50.8 Å². The lowest BCUT2D eigenvalue weighted by atomic mass is 9.94. The van der Waals surface area contributed by atoms with Crippen molar-refractivity contribution in [1.29, 1.82) is 0 Å². The van der Waals surface area contributed by atoms with Crippen LogP contribution in [0.15, 0.2) is 29.2 Å². The van der Waals surface area contributed by atoms with Gasteiger partial charge in [-0.25, -0.2) is 4.98 Å². The minimum atomic E-state index is -0.123. The Morgan fingerprint density at radius 2 is 1.96 bits per heavy atom. The zero-order chi connectivity index (χ0) is 18.5. The second-order valence-electron chi connectivity index (χ2n) is 8.22. The van der Waals surface area contributed by atoms with Gasteiger partial charge in [-0.1, -0.05) is 11.6 Å². The zero-order valence-corrected chi connectivity index (χ0v) is 15.9. The predicted molar refractivity (Wildman–Crippen MR) is 103 cm³/mol. The van der Waals surface area contributed by atoms with Gasteiger partial charge in [-0.05, 0) is 43.7 Å². The van der Waals surface area contributed by atoms with E-state index in [1.165, 1.54) is 17.2 Å². The highest BCUT2D eigenvalue weighted by atomic mass is 35.5. The molecule has 2 aromatic rings. The van der Waals surface area contributed by atoms with Gasteiger partial charge in [0.1, 0.15) is 5.65 Å². The molecule has 5 heterocycles. The van der Waals surface area contributed by atoms with Crippen molar-refractivity contribution in [3.05, 3.63) is 45.5 Å². The average Bonchev–Trinajstić information content (AvgIpc) is 3.47. The van der Waals surface area contributed by atoms with Crippen LogP contribution >= 0.6 is 11.6 Å². The lowest BCUT2D eigenvalue weighted by Crippen LogP contribution is -2.48. The van der Waals surface area contributed by atoms with E-state index in [2.05, 4.69) is 14.8 Å². The van der Waals surface area contributed by atoms with Crippen LogP contribution in [0.2, 0.25) is 5.02 Å². The number of nitrogens with zero attached hydrogens (tertiary/aromatic N) is 4. The van der Waals surface area contributed by atoms with Gasteiger partial charge < -0.3 is 4.90 Å². The molecule has 0 N–H and O–H groups in total. The molecular weight excluding hydrogens is 364 g/mol. The fourth-order valence-electron chi connectivity index (χ4n) is 4.51. The zero-order valence-electron chi connectivity index (χ0n) is 15.2. The summed E-state index contributed by atoms with van der Waals surface area (Å²) in [6.45, 7) is 3.17. The highest BCUT2D eigenvalue weighted by Crippen LogP contribution is 2.35. The van der Waals surface area contributed by atoms with Gasteiger partial charge in [-0.2, -0.15) is 0 Å². The molecule has 0 aromatic carbocycles. The third-order valence-corrected chi connectivity index (χ3v) is 6.31. The molecule has 142 valence electrons.